The highest BCUT2D eigenvalue weighted by Crippen LogP contribution is 2.34. The minimum atomic E-state index is -0.546. The van der Waals surface area contributed by atoms with Gasteiger partial charge in [0, 0.05) is 5.69 Å². The van der Waals surface area contributed by atoms with Crippen molar-refractivity contribution < 1.29 is 14.3 Å². The number of hydrogen-bond donors (Lipinski definition) is 1. The molecule has 5 nitrogen and oxygen atoms in total. The maximum atomic E-state index is 12.3. The molecular weight excluding hydrogens is 363 g/mol. The molecule has 0 bridgehead atoms. The Hall–Kier alpha value is -2.68. The van der Waals surface area contributed by atoms with Crippen molar-refractivity contribution in [1.29, 1.82) is 5.26 Å². The average Bonchev–Trinajstić information content (AvgIpc) is 2.60. The Morgan fingerprint density at radius 2 is 1.72 bits per heavy atom. The molecule has 25 heavy (non-hydrogen) atoms. The number of carbonyl (C=O) groups is 1. The standard InChI is InChI=1S/C18H14Cl2N2O3/c1-24-14-5-3-13(4-6-14)22-18(23)12(10-21)7-11-8-15(19)17(25-2)16(20)9-11/h3-9H,1-2H3,(H,22,23). The first kappa shape index (κ1) is 18.7. The predicted molar refractivity (Wildman–Crippen MR) is 98.2 cm³/mol. The third-order valence-electron chi connectivity index (χ3n) is 3.25. The molecule has 0 aliphatic carbocycles. The monoisotopic (exact) mass is 376 g/mol. The molecule has 0 atom stereocenters. The molecule has 1 N–H and O–H groups in total. The summed E-state index contributed by atoms with van der Waals surface area (Å²) in [5.41, 5.74) is 0.961. The number of hydrogen-bond acceptors (Lipinski definition) is 4. The van der Waals surface area contributed by atoms with Gasteiger partial charge in [-0.1, -0.05) is 23.2 Å². The van der Waals surface area contributed by atoms with Crippen LogP contribution in [0.25, 0.3) is 6.08 Å². The van der Waals surface area contributed by atoms with Crippen molar-refractivity contribution in [2.75, 3.05) is 19.5 Å². The molecule has 0 saturated carbocycles. The van der Waals surface area contributed by atoms with Crippen LogP contribution in [0.4, 0.5) is 5.69 Å². The number of anilines is 1. The molecule has 0 aliphatic rings. The van der Waals surface area contributed by atoms with Gasteiger partial charge in [0.15, 0.2) is 5.75 Å². The van der Waals surface area contributed by atoms with Crippen molar-refractivity contribution in [3.63, 3.8) is 0 Å². The summed E-state index contributed by atoms with van der Waals surface area (Å²) in [6.07, 6.45) is 1.40. The van der Waals surface area contributed by atoms with Gasteiger partial charge in [-0.2, -0.15) is 5.26 Å². The van der Waals surface area contributed by atoms with E-state index in [1.54, 1.807) is 43.5 Å². The van der Waals surface area contributed by atoms with Gasteiger partial charge < -0.3 is 14.8 Å². The predicted octanol–water partition coefficient (Wildman–Crippen LogP) is 4.56. The highest BCUT2D eigenvalue weighted by atomic mass is 35.5. The van der Waals surface area contributed by atoms with Crippen LogP contribution in [0, 0.1) is 11.3 Å². The summed E-state index contributed by atoms with van der Waals surface area (Å²) in [4.78, 5) is 12.3. The Morgan fingerprint density at radius 1 is 1.12 bits per heavy atom. The molecule has 2 rings (SSSR count). The van der Waals surface area contributed by atoms with Gasteiger partial charge in [-0.05, 0) is 48.0 Å². The number of benzene rings is 2. The van der Waals surface area contributed by atoms with Gasteiger partial charge in [0.2, 0.25) is 0 Å². The minimum Gasteiger partial charge on any atom is -0.497 e. The van der Waals surface area contributed by atoms with Gasteiger partial charge in [0.1, 0.15) is 17.4 Å². The van der Waals surface area contributed by atoms with Crippen LogP contribution in [-0.2, 0) is 4.79 Å². The molecule has 2 aromatic carbocycles. The van der Waals surface area contributed by atoms with Crippen LogP contribution in [0.3, 0.4) is 0 Å². The second-order valence-electron chi connectivity index (χ2n) is 4.87. The molecule has 0 aliphatic heterocycles. The van der Waals surface area contributed by atoms with E-state index in [0.717, 1.165) is 0 Å². The van der Waals surface area contributed by atoms with Gasteiger partial charge in [-0.15, -0.1) is 0 Å². The molecule has 0 aromatic heterocycles. The van der Waals surface area contributed by atoms with Crippen LogP contribution in [0.1, 0.15) is 5.56 Å². The quantitative estimate of drug-likeness (QED) is 0.613. The Labute approximate surface area is 155 Å². The SMILES string of the molecule is COc1ccc(NC(=O)C(C#N)=Cc2cc(Cl)c(OC)c(Cl)c2)cc1. The van der Waals surface area contributed by atoms with Crippen molar-refractivity contribution in [3.8, 4) is 17.6 Å². The number of nitriles is 1. The van der Waals surface area contributed by atoms with Crippen molar-refractivity contribution in [1.82, 2.24) is 0 Å². The Balaban J connectivity index is 2.24. The number of halogens is 2. The third kappa shape index (κ3) is 4.66. The fourth-order valence-electron chi connectivity index (χ4n) is 2.05. The van der Waals surface area contributed by atoms with Crippen LogP contribution in [0.5, 0.6) is 11.5 Å². The number of nitrogens with one attached hydrogen (secondary N) is 1. The normalized spacial score (nSPS) is 10.8. The fraction of sp³-hybridized carbons (Fsp3) is 0.111. The molecule has 0 radical (unpaired) electrons. The van der Waals surface area contributed by atoms with Crippen molar-refractivity contribution >= 4 is 40.9 Å². The summed E-state index contributed by atoms with van der Waals surface area (Å²) in [7, 11) is 3.00. The van der Waals surface area contributed by atoms with E-state index in [-0.39, 0.29) is 15.6 Å². The molecule has 0 spiro atoms. The molecular formula is C18H14Cl2N2O3. The average molecular weight is 377 g/mol. The van der Waals surface area contributed by atoms with Crippen LogP contribution >= 0.6 is 23.2 Å². The Kier molecular flexibility index (Phi) is 6.29. The van der Waals surface area contributed by atoms with Gasteiger partial charge in [-0.3, -0.25) is 4.79 Å². The molecule has 128 valence electrons. The summed E-state index contributed by atoms with van der Waals surface area (Å²) < 4.78 is 10.1. The lowest BCUT2D eigenvalue weighted by Crippen LogP contribution is -2.13. The van der Waals surface area contributed by atoms with E-state index in [1.807, 2.05) is 6.07 Å². The smallest absolute Gasteiger partial charge is 0.266 e. The van der Waals surface area contributed by atoms with Crippen LogP contribution in [0.2, 0.25) is 10.0 Å². The summed E-state index contributed by atoms with van der Waals surface area (Å²) in [5.74, 6) is 0.453. The van der Waals surface area contributed by atoms with E-state index in [2.05, 4.69) is 5.32 Å². The van der Waals surface area contributed by atoms with Gasteiger partial charge in [0.25, 0.3) is 5.91 Å². The van der Waals surface area contributed by atoms with Crippen LogP contribution in [0.15, 0.2) is 42.0 Å². The Morgan fingerprint density at radius 3 is 2.20 bits per heavy atom. The summed E-state index contributed by atoms with van der Waals surface area (Å²) in [6.45, 7) is 0. The number of methoxy groups -OCH3 is 2. The van der Waals surface area contributed by atoms with Gasteiger partial charge in [-0.25, -0.2) is 0 Å². The molecule has 0 fully saturated rings. The second-order valence-corrected chi connectivity index (χ2v) is 5.68. The van der Waals surface area contributed by atoms with E-state index in [9.17, 15) is 10.1 Å². The maximum absolute atomic E-state index is 12.3. The first-order valence-corrected chi connectivity index (χ1v) is 7.84. The first-order chi connectivity index (χ1) is 12.0. The summed E-state index contributed by atoms with van der Waals surface area (Å²) in [6, 6.07) is 11.7. The molecule has 0 heterocycles. The number of rotatable bonds is 5. The highest BCUT2D eigenvalue weighted by Gasteiger charge is 2.12. The van der Waals surface area contributed by atoms with Crippen molar-refractivity contribution in [2.45, 2.75) is 0 Å². The van der Waals surface area contributed by atoms with Gasteiger partial charge in [0.05, 0.1) is 24.3 Å². The van der Waals surface area contributed by atoms with Crippen molar-refractivity contribution in [3.05, 3.63) is 57.6 Å². The topological polar surface area (TPSA) is 71.3 Å². The van der Waals surface area contributed by atoms with E-state index < -0.39 is 5.91 Å². The van der Waals surface area contributed by atoms with E-state index in [0.29, 0.717) is 22.7 Å². The number of ether oxygens (including phenoxy) is 2. The minimum absolute atomic E-state index is 0.0897. The maximum Gasteiger partial charge on any atom is 0.266 e. The third-order valence-corrected chi connectivity index (χ3v) is 3.81. The number of amides is 1. The zero-order valence-corrected chi connectivity index (χ0v) is 15.0. The molecule has 0 unspecified atom stereocenters. The lowest BCUT2D eigenvalue weighted by Gasteiger charge is -2.08. The zero-order chi connectivity index (χ0) is 18.4. The van der Waals surface area contributed by atoms with Crippen LogP contribution < -0.4 is 14.8 Å². The summed E-state index contributed by atoms with van der Waals surface area (Å²) in [5, 5.41) is 12.5. The largest absolute Gasteiger partial charge is 0.497 e. The zero-order valence-electron chi connectivity index (χ0n) is 13.5. The molecule has 1 amide bonds. The molecule has 7 heteroatoms. The van der Waals surface area contributed by atoms with Gasteiger partial charge >= 0.3 is 0 Å². The lowest BCUT2D eigenvalue weighted by atomic mass is 10.1. The fourth-order valence-corrected chi connectivity index (χ4v) is 2.70. The Bertz CT molecular complexity index is 833. The van der Waals surface area contributed by atoms with E-state index >= 15 is 0 Å². The van der Waals surface area contributed by atoms with Crippen LogP contribution in [-0.4, -0.2) is 20.1 Å². The molecule has 2 aromatic rings. The van der Waals surface area contributed by atoms with E-state index in [1.165, 1.54) is 13.2 Å². The molecule has 0 saturated heterocycles. The highest BCUT2D eigenvalue weighted by molar-refractivity contribution is 6.37. The second kappa shape index (κ2) is 8.43. The number of carbonyl (C=O) groups excluding carboxylic acids is 1. The number of nitrogens with zero attached hydrogens (tertiary/aromatic N) is 1. The summed E-state index contributed by atoms with van der Waals surface area (Å²) >= 11 is 12.1. The first-order valence-electron chi connectivity index (χ1n) is 7.08. The lowest BCUT2D eigenvalue weighted by molar-refractivity contribution is -0.112. The van der Waals surface area contributed by atoms with E-state index in [4.69, 9.17) is 32.7 Å². The van der Waals surface area contributed by atoms with Crippen molar-refractivity contribution in [2.24, 2.45) is 0 Å².